The van der Waals surface area contributed by atoms with E-state index in [2.05, 4.69) is 28.1 Å². The molecule has 1 aromatic carbocycles. The second-order valence-electron chi connectivity index (χ2n) is 6.94. The Balaban J connectivity index is 1.32. The number of hydrogen-bond acceptors (Lipinski definition) is 5. The van der Waals surface area contributed by atoms with Crippen molar-refractivity contribution in [2.75, 3.05) is 20.2 Å². The van der Waals surface area contributed by atoms with Gasteiger partial charge in [0.1, 0.15) is 11.3 Å². The van der Waals surface area contributed by atoms with Gasteiger partial charge in [-0.2, -0.15) is 0 Å². The largest absolute Gasteiger partial charge is 0.494 e. The van der Waals surface area contributed by atoms with Gasteiger partial charge in [-0.1, -0.05) is 24.3 Å². The summed E-state index contributed by atoms with van der Waals surface area (Å²) in [4.78, 5) is 11.6. The maximum Gasteiger partial charge on any atom is 0.145 e. The number of piperidine rings is 1. The molecule has 0 spiro atoms. The molecule has 0 aliphatic carbocycles. The summed E-state index contributed by atoms with van der Waals surface area (Å²) in [7, 11) is 1.69. The summed E-state index contributed by atoms with van der Waals surface area (Å²) in [6, 6.07) is 16.2. The number of ether oxygens (including phenoxy) is 2. The van der Waals surface area contributed by atoms with E-state index < -0.39 is 0 Å². The molecule has 0 bridgehead atoms. The van der Waals surface area contributed by atoms with Crippen molar-refractivity contribution in [3.05, 3.63) is 66.1 Å². The molecule has 1 aliphatic heterocycles. The Morgan fingerprint density at radius 2 is 1.89 bits per heavy atom. The molecule has 0 amide bonds. The number of methoxy groups -OCH3 is 1. The lowest BCUT2D eigenvalue weighted by atomic mass is 10.1. The first-order valence-corrected chi connectivity index (χ1v) is 9.48. The third-order valence-electron chi connectivity index (χ3n) is 5.07. The van der Waals surface area contributed by atoms with Crippen LogP contribution in [0.1, 0.15) is 24.2 Å². The fraction of sp³-hybridized carbons (Fsp3) is 0.364. The van der Waals surface area contributed by atoms with E-state index in [1.165, 1.54) is 0 Å². The van der Waals surface area contributed by atoms with Gasteiger partial charge < -0.3 is 9.47 Å². The van der Waals surface area contributed by atoms with E-state index in [1.807, 2.05) is 36.5 Å². The Kier molecular flexibility index (Phi) is 5.61. The van der Waals surface area contributed by atoms with Crippen LogP contribution in [-0.2, 0) is 17.9 Å². The van der Waals surface area contributed by atoms with Crippen molar-refractivity contribution in [3.8, 4) is 5.75 Å². The van der Waals surface area contributed by atoms with Gasteiger partial charge in [0.2, 0.25) is 0 Å². The highest BCUT2D eigenvalue weighted by Crippen LogP contribution is 2.24. The minimum absolute atomic E-state index is 0.313. The van der Waals surface area contributed by atoms with E-state index in [9.17, 15) is 0 Å². The van der Waals surface area contributed by atoms with Crippen molar-refractivity contribution in [3.63, 3.8) is 0 Å². The zero-order valence-electron chi connectivity index (χ0n) is 15.7. The number of aromatic nitrogens is 2. The Hall–Kier alpha value is -2.50. The third-order valence-corrected chi connectivity index (χ3v) is 5.07. The SMILES string of the molecule is COc1cccc2ccc(CN3CCC(OCc4ccccn4)CC3)nc12. The van der Waals surface area contributed by atoms with Crippen LogP contribution in [0.3, 0.4) is 0 Å². The Morgan fingerprint density at radius 3 is 2.67 bits per heavy atom. The highest BCUT2D eigenvalue weighted by Gasteiger charge is 2.20. The first-order valence-electron chi connectivity index (χ1n) is 9.48. The molecule has 27 heavy (non-hydrogen) atoms. The van der Waals surface area contributed by atoms with Gasteiger partial charge in [-0.15, -0.1) is 0 Å². The molecule has 4 rings (SSSR count). The minimum atomic E-state index is 0.313. The zero-order valence-corrected chi connectivity index (χ0v) is 15.7. The molecule has 5 nitrogen and oxygen atoms in total. The van der Waals surface area contributed by atoms with Gasteiger partial charge in [0.25, 0.3) is 0 Å². The predicted octanol–water partition coefficient (Wildman–Crippen LogP) is 3.82. The molecule has 0 N–H and O–H groups in total. The molecule has 0 saturated carbocycles. The first-order chi connectivity index (χ1) is 13.3. The lowest BCUT2D eigenvalue weighted by Gasteiger charge is -2.31. The van der Waals surface area contributed by atoms with Crippen molar-refractivity contribution < 1.29 is 9.47 Å². The minimum Gasteiger partial charge on any atom is -0.494 e. The van der Waals surface area contributed by atoms with Gasteiger partial charge in [0.05, 0.1) is 31.2 Å². The standard InChI is InChI=1S/C22H25N3O2/c1-26-21-7-4-5-17-8-9-18(24-22(17)21)15-25-13-10-20(11-14-25)27-16-19-6-2-3-12-23-19/h2-9,12,20H,10-11,13-16H2,1H3. The fourth-order valence-electron chi connectivity index (χ4n) is 3.56. The van der Waals surface area contributed by atoms with E-state index in [-0.39, 0.29) is 0 Å². The van der Waals surface area contributed by atoms with Crippen LogP contribution in [0.5, 0.6) is 5.75 Å². The van der Waals surface area contributed by atoms with Crippen LogP contribution >= 0.6 is 0 Å². The van der Waals surface area contributed by atoms with Crippen LogP contribution in [-0.4, -0.2) is 41.2 Å². The van der Waals surface area contributed by atoms with Crippen LogP contribution < -0.4 is 4.74 Å². The molecule has 0 atom stereocenters. The second-order valence-corrected chi connectivity index (χ2v) is 6.94. The van der Waals surface area contributed by atoms with Crippen LogP contribution in [0, 0.1) is 0 Å². The summed E-state index contributed by atoms with van der Waals surface area (Å²) in [6.07, 6.45) is 4.22. The number of para-hydroxylation sites is 1. The maximum absolute atomic E-state index is 6.03. The van der Waals surface area contributed by atoms with Crippen LogP contribution in [0.15, 0.2) is 54.7 Å². The van der Waals surface area contributed by atoms with Crippen molar-refractivity contribution in [1.29, 1.82) is 0 Å². The molecule has 1 saturated heterocycles. The molecule has 3 heterocycles. The van der Waals surface area contributed by atoms with E-state index in [4.69, 9.17) is 14.5 Å². The number of likely N-dealkylation sites (tertiary alicyclic amines) is 1. The number of nitrogens with zero attached hydrogens (tertiary/aromatic N) is 3. The number of fused-ring (bicyclic) bond motifs is 1. The summed E-state index contributed by atoms with van der Waals surface area (Å²) in [5.74, 6) is 0.830. The number of pyridine rings is 2. The quantitative estimate of drug-likeness (QED) is 0.666. The molecule has 1 fully saturated rings. The van der Waals surface area contributed by atoms with Crippen LogP contribution in [0.25, 0.3) is 10.9 Å². The highest BCUT2D eigenvalue weighted by atomic mass is 16.5. The molecule has 0 unspecified atom stereocenters. The number of rotatable bonds is 6. The van der Waals surface area contributed by atoms with Crippen molar-refractivity contribution in [2.45, 2.75) is 32.1 Å². The summed E-state index contributed by atoms with van der Waals surface area (Å²) < 4.78 is 11.5. The smallest absolute Gasteiger partial charge is 0.145 e. The third kappa shape index (κ3) is 4.43. The summed E-state index contributed by atoms with van der Waals surface area (Å²) in [5.41, 5.74) is 3.01. The fourth-order valence-corrected chi connectivity index (χ4v) is 3.56. The van der Waals surface area contributed by atoms with E-state index in [0.717, 1.165) is 60.5 Å². The van der Waals surface area contributed by atoms with Gasteiger partial charge >= 0.3 is 0 Å². The van der Waals surface area contributed by atoms with Gasteiger partial charge in [-0.05, 0) is 37.1 Å². The first kappa shape index (κ1) is 17.9. The molecule has 1 aliphatic rings. The predicted molar refractivity (Wildman–Crippen MR) is 106 cm³/mol. The van der Waals surface area contributed by atoms with Crippen molar-refractivity contribution >= 4 is 10.9 Å². The Bertz CT molecular complexity index is 877. The van der Waals surface area contributed by atoms with Gasteiger partial charge in [-0.3, -0.25) is 9.88 Å². The Labute approximate surface area is 160 Å². The molecule has 3 aromatic rings. The average Bonchev–Trinajstić information content (AvgIpc) is 2.73. The number of benzene rings is 1. The van der Waals surface area contributed by atoms with Crippen molar-refractivity contribution in [2.24, 2.45) is 0 Å². The Morgan fingerprint density at radius 1 is 1.00 bits per heavy atom. The molecular weight excluding hydrogens is 338 g/mol. The van der Waals surface area contributed by atoms with E-state index in [0.29, 0.717) is 12.7 Å². The summed E-state index contributed by atoms with van der Waals surface area (Å²) in [5, 5.41) is 1.11. The molecule has 2 aromatic heterocycles. The van der Waals surface area contributed by atoms with Gasteiger partial charge in [-0.25, -0.2) is 4.98 Å². The lowest BCUT2D eigenvalue weighted by molar-refractivity contribution is -0.00541. The topological polar surface area (TPSA) is 47.5 Å². The second kappa shape index (κ2) is 8.46. The zero-order chi connectivity index (χ0) is 18.5. The van der Waals surface area contributed by atoms with Gasteiger partial charge in [0, 0.05) is 31.2 Å². The average molecular weight is 363 g/mol. The molecular formula is C22H25N3O2. The monoisotopic (exact) mass is 363 g/mol. The van der Waals surface area contributed by atoms with Gasteiger partial charge in [0.15, 0.2) is 0 Å². The van der Waals surface area contributed by atoms with Crippen LogP contribution in [0.2, 0.25) is 0 Å². The summed E-state index contributed by atoms with van der Waals surface area (Å²) in [6.45, 7) is 3.51. The number of hydrogen-bond donors (Lipinski definition) is 0. The van der Waals surface area contributed by atoms with E-state index >= 15 is 0 Å². The van der Waals surface area contributed by atoms with Crippen molar-refractivity contribution in [1.82, 2.24) is 14.9 Å². The van der Waals surface area contributed by atoms with E-state index in [1.54, 1.807) is 7.11 Å². The molecule has 5 heteroatoms. The summed E-state index contributed by atoms with van der Waals surface area (Å²) >= 11 is 0. The van der Waals surface area contributed by atoms with Crippen LogP contribution in [0.4, 0.5) is 0 Å². The molecule has 0 radical (unpaired) electrons. The maximum atomic E-state index is 6.03. The molecule has 140 valence electrons. The normalized spacial score (nSPS) is 15.9. The lowest BCUT2D eigenvalue weighted by Crippen LogP contribution is -2.36. The highest BCUT2D eigenvalue weighted by molar-refractivity contribution is 5.84.